The molecule has 0 amide bonds. The number of hydrogen-bond acceptors (Lipinski definition) is 2. The highest BCUT2D eigenvalue weighted by atomic mass is 16.5. The normalized spacial score (nSPS) is 12.9. The van der Waals surface area contributed by atoms with Gasteiger partial charge in [0.2, 0.25) is 0 Å². The van der Waals surface area contributed by atoms with Crippen molar-refractivity contribution in [3.8, 4) is 0 Å². The van der Waals surface area contributed by atoms with Gasteiger partial charge >= 0.3 is 0 Å². The van der Waals surface area contributed by atoms with Crippen LogP contribution in [0.3, 0.4) is 0 Å². The third kappa shape index (κ3) is 13.9. The molecule has 2 nitrogen and oxygen atoms in total. The van der Waals surface area contributed by atoms with Crippen LogP contribution in [0.25, 0.3) is 0 Å². The predicted octanol–water partition coefficient (Wildman–Crippen LogP) is 4.23. The average Bonchev–Trinajstić information content (AvgIpc) is 2.25. The molecule has 0 fully saturated rings. The summed E-state index contributed by atoms with van der Waals surface area (Å²) < 4.78 is 5.29. The number of unbranched alkanes of at least 4 members (excludes halogenated alkanes) is 9. The second-order valence-corrected chi connectivity index (χ2v) is 4.76. The molecule has 0 aliphatic heterocycles. The van der Waals surface area contributed by atoms with E-state index in [-0.39, 0.29) is 6.23 Å². The lowest BCUT2D eigenvalue weighted by Crippen LogP contribution is -2.19. The maximum absolute atomic E-state index is 5.49. The summed E-state index contributed by atoms with van der Waals surface area (Å²) in [6.45, 7) is 4.98. The summed E-state index contributed by atoms with van der Waals surface area (Å²) in [6, 6.07) is 0. The summed E-state index contributed by atoms with van der Waals surface area (Å²) in [7, 11) is 0. The lowest BCUT2D eigenvalue weighted by atomic mass is 10.1. The van der Waals surface area contributed by atoms with Crippen LogP contribution in [-0.4, -0.2) is 12.8 Å². The van der Waals surface area contributed by atoms with Crippen molar-refractivity contribution < 1.29 is 4.74 Å². The molecule has 0 spiro atoms. The molecule has 0 aliphatic carbocycles. The van der Waals surface area contributed by atoms with Crippen molar-refractivity contribution in [3.63, 3.8) is 0 Å². The smallest absolute Gasteiger partial charge is 0.102 e. The Morgan fingerprint density at radius 3 is 1.69 bits per heavy atom. The Hall–Kier alpha value is -0.0800. The fraction of sp³-hybridized carbons (Fsp3) is 1.00. The highest BCUT2D eigenvalue weighted by Gasteiger charge is 1.94. The van der Waals surface area contributed by atoms with E-state index in [0.717, 1.165) is 13.0 Å². The lowest BCUT2D eigenvalue weighted by molar-refractivity contribution is 0.0676. The van der Waals surface area contributed by atoms with Crippen LogP contribution in [-0.2, 0) is 4.74 Å². The number of nitrogens with two attached hydrogens (primary N) is 1. The van der Waals surface area contributed by atoms with Crippen molar-refractivity contribution in [2.75, 3.05) is 6.61 Å². The maximum atomic E-state index is 5.49. The van der Waals surface area contributed by atoms with Crippen molar-refractivity contribution in [2.45, 2.75) is 84.3 Å². The van der Waals surface area contributed by atoms with Crippen molar-refractivity contribution in [1.29, 1.82) is 0 Å². The van der Waals surface area contributed by atoms with Crippen LogP contribution in [0.1, 0.15) is 78.1 Å². The maximum Gasteiger partial charge on any atom is 0.102 e. The predicted molar refractivity (Wildman–Crippen MR) is 71.4 cm³/mol. The molecule has 0 rings (SSSR count). The van der Waals surface area contributed by atoms with Crippen LogP contribution in [0.15, 0.2) is 0 Å². The van der Waals surface area contributed by atoms with Gasteiger partial charge in [-0.05, 0) is 13.3 Å². The number of rotatable bonds is 12. The molecule has 0 saturated carbocycles. The lowest BCUT2D eigenvalue weighted by Gasteiger charge is -2.06. The molecule has 0 aromatic heterocycles. The largest absolute Gasteiger partial charge is 0.364 e. The zero-order valence-corrected chi connectivity index (χ0v) is 11.3. The van der Waals surface area contributed by atoms with E-state index in [4.69, 9.17) is 10.5 Å². The Balaban J connectivity index is 2.88. The van der Waals surface area contributed by atoms with Gasteiger partial charge in [0.15, 0.2) is 0 Å². The Morgan fingerprint density at radius 1 is 0.812 bits per heavy atom. The van der Waals surface area contributed by atoms with Crippen molar-refractivity contribution in [2.24, 2.45) is 5.73 Å². The molecule has 0 bridgehead atoms. The minimum Gasteiger partial charge on any atom is -0.364 e. The van der Waals surface area contributed by atoms with Crippen LogP contribution >= 0.6 is 0 Å². The summed E-state index contributed by atoms with van der Waals surface area (Å²) in [4.78, 5) is 0. The molecule has 1 unspecified atom stereocenters. The summed E-state index contributed by atoms with van der Waals surface area (Å²) >= 11 is 0. The van der Waals surface area contributed by atoms with Gasteiger partial charge in [-0.15, -0.1) is 0 Å². The van der Waals surface area contributed by atoms with Gasteiger partial charge < -0.3 is 10.5 Å². The van der Waals surface area contributed by atoms with E-state index in [1.165, 1.54) is 57.8 Å². The topological polar surface area (TPSA) is 35.2 Å². The van der Waals surface area contributed by atoms with Gasteiger partial charge in [0.05, 0.1) is 0 Å². The van der Waals surface area contributed by atoms with E-state index in [1.54, 1.807) is 0 Å². The fourth-order valence-corrected chi connectivity index (χ4v) is 1.86. The third-order valence-electron chi connectivity index (χ3n) is 2.88. The molecular formula is C14H31NO. The summed E-state index contributed by atoms with van der Waals surface area (Å²) in [5.74, 6) is 0. The van der Waals surface area contributed by atoms with Crippen molar-refractivity contribution >= 4 is 0 Å². The Morgan fingerprint density at radius 2 is 1.25 bits per heavy atom. The van der Waals surface area contributed by atoms with E-state index < -0.39 is 0 Å². The highest BCUT2D eigenvalue weighted by Crippen LogP contribution is 2.10. The molecule has 0 aromatic rings. The second kappa shape index (κ2) is 13.0. The summed E-state index contributed by atoms with van der Waals surface area (Å²) in [5, 5.41) is 0. The first-order chi connectivity index (χ1) is 7.77. The zero-order valence-electron chi connectivity index (χ0n) is 11.3. The molecule has 0 aromatic carbocycles. The Labute approximate surface area is 102 Å². The standard InChI is InChI=1S/C14H31NO/c1-3-4-5-6-7-8-9-10-11-12-13-16-14(2)15/h14H,3-13,15H2,1-2H3. The van der Waals surface area contributed by atoms with E-state index in [0.29, 0.717) is 0 Å². The van der Waals surface area contributed by atoms with Gasteiger partial charge in [-0.3, -0.25) is 0 Å². The molecular weight excluding hydrogens is 198 g/mol. The van der Waals surface area contributed by atoms with Crippen molar-refractivity contribution in [1.82, 2.24) is 0 Å². The van der Waals surface area contributed by atoms with E-state index in [1.807, 2.05) is 6.92 Å². The first-order valence-electron chi connectivity index (χ1n) is 7.14. The van der Waals surface area contributed by atoms with Crippen LogP contribution in [0, 0.1) is 0 Å². The van der Waals surface area contributed by atoms with Gasteiger partial charge in [0, 0.05) is 6.61 Å². The molecule has 16 heavy (non-hydrogen) atoms. The number of ether oxygens (including phenoxy) is 1. The van der Waals surface area contributed by atoms with Gasteiger partial charge in [-0.25, -0.2) is 0 Å². The van der Waals surface area contributed by atoms with E-state index in [9.17, 15) is 0 Å². The van der Waals surface area contributed by atoms with Crippen LogP contribution in [0.4, 0.5) is 0 Å². The summed E-state index contributed by atoms with van der Waals surface area (Å²) in [5.41, 5.74) is 5.49. The van der Waals surface area contributed by atoms with Gasteiger partial charge in [-0.2, -0.15) is 0 Å². The Bertz CT molecular complexity index is 126. The average molecular weight is 229 g/mol. The van der Waals surface area contributed by atoms with Crippen LogP contribution < -0.4 is 5.73 Å². The van der Waals surface area contributed by atoms with Crippen LogP contribution in [0.5, 0.6) is 0 Å². The molecule has 98 valence electrons. The van der Waals surface area contributed by atoms with Gasteiger partial charge in [0.25, 0.3) is 0 Å². The first-order valence-corrected chi connectivity index (χ1v) is 7.14. The monoisotopic (exact) mass is 229 g/mol. The zero-order chi connectivity index (χ0) is 12.1. The first kappa shape index (κ1) is 15.9. The molecule has 1 atom stereocenters. The van der Waals surface area contributed by atoms with E-state index in [2.05, 4.69) is 6.92 Å². The summed E-state index contributed by atoms with van der Waals surface area (Å²) in [6.07, 6.45) is 13.6. The molecule has 2 heteroatoms. The molecule has 0 heterocycles. The third-order valence-corrected chi connectivity index (χ3v) is 2.88. The van der Waals surface area contributed by atoms with E-state index >= 15 is 0 Å². The SMILES string of the molecule is CCCCCCCCCCCCOC(C)N. The Kier molecular flexibility index (Phi) is 12.9. The minimum absolute atomic E-state index is 0.0986. The molecule has 0 radical (unpaired) electrons. The van der Waals surface area contributed by atoms with Crippen molar-refractivity contribution in [3.05, 3.63) is 0 Å². The fourth-order valence-electron chi connectivity index (χ4n) is 1.86. The molecule has 0 aliphatic rings. The second-order valence-electron chi connectivity index (χ2n) is 4.76. The molecule has 0 saturated heterocycles. The van der Waals surface area contributed by atoms with Crippen LogP contribution in [0.2, 0.25) is 0 Å². The molecule has 2 N–H and O–H groups in total. The van der Waals surface area contributed by atoms with Gasteiger partial charge in [-0.1, -0.05) is 64.7 Å². The quantitative estimate of drug-likeness (QED) is 0.401. The van der Waals surface area contributed by atoms with Gasteiger partial charge in [0.1, 0.15) is 6.23 Å². The minimum atomic E-state index is -0.0986. The number of hydrogen-bond donors (Lipinski definition) is 1. The highest BCUT2D eigenvalue weighted by molar-refractivity contribution is 4.47.